The lowest BCUT2D eigenvalue weighted by Gasteiger charge is -2.31. The van der Waals surface area contributed by atoms with Crippen LogP contribution in [0.4, 0.5) is 34.1 Å². The molecule has 0 amide bonds. The van der Waals surface area contributed by atoms with Crippen LogP contribution < -0.4 is 9.80 Å². The predicted molar refractivity (Wildman–Crippen MR) is 397 cm³/mol. The molecule has 15 aromatic carbocycles. The minimum absolute atomic E-state index is 0.523. The first-order chi connectivity index (χ1) is 47.1. The molecule has 19 rings (SSSR count). The summed E-state index contributed by atoms with van der Waals surface area (Å²) in [5.41, 5.74) is 29.8. The highest BCUT2D eigenvalue weighted by Gasteiger charge is 2.52. The number of fused-ring (bicyclic) bond motifs is 16. The van der Waals surface area contributed by atoms with E-state index in [1.807, 2.05) is 0 Å². The smallest absolute Gasteiger partial charge is 0.0725 e. The molecular formula is C91H60N4. The highest BCUT2D eigenvalue weighted by molar-refractivity contribution is 6.11. The maximum atomic E-state index is 2.46. The van der Waals surface area contributed by atoms with Crippen LogP contribution in [0.1, 0.15) is 22.3 Å². The van der Waals surface area contributed by atoms with Crippen molar-refractivity contribution < 1.29 is 0 Å². The Balaban J connectivity index is 0.864. The molecule has 4 nitrogen and oxygen atoms in total. The summed E-state index contributed by atoms with van der Waals surface area (Å²) < 4.78 is 4.81. The summed E-state index contributed by atoms with van der Waals surface area (Å²) in [7, 11) is 0. The van der Waals surface area contributed by atoms with Gasteiger partial charge in [-0.2, -0.15) is 0 Å². The maximum Gasteiger partial charge on any atom is 0.0725 e. The molecule has 0 saturated carbocycles. The van der Waals surface area contributed by atoms with Crippen molar-refractivity contribution in [3.8, 4) is 67.0 Å². The SMILES string of the molecule is c1ccc(-c2ccc(N(c3ccc(-n4c5ccccc5c5ccccc54)cc3)c3cc(-c4cccc5c4-c4ccccc4C54c5ccccc5-c5ccccc54)cc(N(c4ccc(-c5ccccc5)cc4)c4ccc(-n5c6ccccc6c6ccccc65)cc4)c3)cc2)cc1. The number of anilines is 6. The number of rotatable bonds is 11. The van der Waals surface area contributed by atoms with Crippen molar-refractivity contribution in [2.24, 2.45) is 0 Å². The van der Waals surface area contributed by atoms with Crippen molar-refractivity contribution in [2.45, 2.75) is 5.41 Å². The van der Waals surface area contributed by atoms with Crippen LogP contribution in [-0.2, 0) is 5.41 Å². The van der Waals surface area contributed by atoms with Gasteiger partial charge in [0.1, 0.15) is 0 Å². The molecular weight excluding hydrogens is 1150 g/mol. The van der Waals surface area contributed by atoms with E-state index in [4.69, 9.17) is 0 Å². The second-order valence-electron chi connectivity index (χ2n) is 25.1. The van der Waals surface area contributed by atoms with Gasteiger partial charge in [-0.1, -0.05) is 249 Å². The second kappa shape index (κ2) is 21.8. The zero-order chi connectivity index (χ0) is 62.6. The molecule has 0 atom stereocenters. The molecule has 95 heavy (non-hydrogen) atoms. The van der Waals surface area contributed by atoms with Crippen molar-refractivity contribution in [2.75, 3.05) is 9.80 Å². The molecule has 2 aliphatic rings. The van der Waals surface area contributed by atoms with Gasteiger partial charge in [0.25, 0.3) is 0 Å². The van der Waals surface area contributed by atoms with Crippen LogP contribution in [0.15, 0.2) is 364 Å². The highest BCUT2D eigenvalue weighted by Crippen LogP contribution is 2.64. The molecule has 0 N–H and O–H groups in total. The summed E-state index contributed by atoms with van der Waals surface area (Å²) in [6.07, 6.45) is 0. The number of para-hydroxylation sites is 4. The van der Waals surface area contributed by atoms with E-state index in [1.165, 1.54) is 105 Å². The average Bonchev–Trinajstić information content (AvgIpc) is 1.51. The molecule has 444 valence electrons. The van der Waals surface area contributed by atoms with E-state index in [2.05, 4.69) is 383 Å². The monoisotopic (exact) mass is 1210 g/mol. The molecule has 1 spiro atoms. The van der Waals surface area contributed by atoms with Gasteiger partial charge in [0, 0.05) is 67.0 Å². The minimum Gasteiger partial charge on any atom is -0.310 e. The van der Waals surface area contributed by atoms with Gasteiger partial charge < -0.3 is 18.9 Å². The molecule has 2 aliphatic carbocycles. The third-order valence-corrected chi connectivity index (χ3v) is 20.1. The molecule has 0 radical (unpaired) electrons. The van der Waals surface area contributed by atoms with Gasteiger partial charge in [0.05, 0.1) is 27.5 Å². The Kier molecular flexibility index (Phi) is 12.5. The summed E-state index contributed by atoms with van der Waals surface area (Å²) in [5.74, 6) is 0. The summed E-state index contributed by atoms with van der Waals surface area (Å²) >= 11 is 0. The van der Waals surface area contributed by atoms with Gasteiger partial charge in [0.15, 0.2) is 0 Å². The fraction of sp³-hybridized carbons (Fsp3) is 0.0110. The topological polar surface area (TPSA) is 16.3 Å². The summed E-state index contributed by atoms with van der Waals surface area (Å²) in [5, 5.41) is 4.94. The Hall–Kier alpha value is -12.5. The van der Waals surface area contributed by atoms with Gasteiger partial charge in [-0.15, -0.1) is 0 Å². The summed E-state index contributed by atoms with van der Waals surface area (Å²) in [4.78, 5) is 4.92. The van der Waals surface area contributed by atoms with E-state index in [0.717, 1.165) is 62.2 Å². The van der Waals surface area contributed by atoms with Crippen LogP contribution in [0.5, 0.6) is 0 Å². The van der Waals surface area contributed by atoms with Crippen molar-refractivity contribution >= 4 is 77.7 Å². The maximum absolute atomic E-state index is 2.46. The molecule has 0 unspecified atom stereocenters. The first-order valence-electron chi connectivity index (χ1n) is 32.8. The van der Waals surface area contributed by atoms with E-state index in [9.17, 15) is 0 Å². The molecule has 4 heteroatoms. The molecule has 0 bridgehead atoms. The van der Waals surface area contributed by atoms with Gasteiger partial charge >= 0.3 is 0 Å². The number of hydrogen-bond acceptors (Lipinski definition) is 2. The largest absolute Gasteiger partial charge is 0.310 e. The quantitative estimate of drug-likeness (QED) is 0.128. The van der Waals surface area contributed by atoms with Crippen LogP contribution in [0.3, 0.4) is 0 Å². The van der Waals surface area contributed by atoms with E-state index >= 15 is 0 Å². The Bertz CT molecular complexity index is 5410. The first kappa shape index (κ1) is 54.3. The van der Waals surface area contributed by atoms with E-state index in [1.54, 1.807) is 0 Å². The fourth-order valence-electron chi connectivity index (χ4n) is 16.1. The zero-order valence-corrected chi connectivity index (χ0v) is 51.9. The lowest BCUT2D eigenvalue weighted by molar-refractivity contribution is 0.794. The van der Waals surface area contributed by atoms with Gasteiger partial charge in [-0.3, -0.25) is 0 Å². The van der Waals surface area contributed by atoms with Crippen molar-refractivity contribution in [1.82, 2.24) is 9.13 Å². The minimum atomic E-state index is -0.523. The Morgan fingerprint density at radius 3 is 0.916 bits per heavy atom. The molecule has 0 aliphatic heterocycles. The molecule has 2 heterocycles. The van der Waals surface area contributed by atoms with E-state index < -0.39 is 5.41 Å². The van der Waals surface area contributed by atoms with Gasteiger partial charge in [-0.25, -0.2) is 0 Å². The number of aromatic nitrogens is 2. The molecule has 0 fully saturated rings. The molecule has 0 saturated heterocycles. The number of hydrogen-bond donors (Lipinski definition) is 0. The van der Waals surface area contributed by atoms with Crippen molar-refractivity contribution in [1.29, 1.82) is 0 Å². The Morgan fingerprint density at radius 2 is 0.505 bits per heavy atom. The van der Waals surface area contributed by atoms with E-state index in [0.29, 0.717) is 0 Å². The van der Waals surface area contributed by atoms with Crippen LogP contribution in [0, 0.1) is 0 Å². The van der Waals surface area contributed by atoms with Crippen LogP contribution >= 0.6 is 0 Å². The summed E-state index contributed by atoms with van der Waals surface area (Å²) in [6, 6.07) is 135. The Labute approximate surface area is 552 Å². The van der Waals surface area contributed by atoms with E-state index in [-0.39, 0.29) is 0 Å². The van der Waals surface area contributed by atoms with Crippen LogP contribution in [0.25, 0.3) is 111 Å². The second-order valence-corrected chi connectivity index (χ2v) is 25.1. The normalized spacial score (nSPS) is 12.5. The van der Waals surface area contributed by atoms with Crippen LogP contribution in [0.2, 0.25) is 0 Å². The average molecular weight is 1210 g/mol. The predicted octanol–water partition coefficient (Wildman–Crippen LogP) is 24.2. The van der Waals surface area contributed by atoms with Crippen LogP contribution in [-0.4, -0.2) is 9.13 Å². The fourth-order valence-corrected chi connectivity index (χ4v) is 16.1. The molecule has 17 aromatic rings. The third kappa shape index (κ3) is 8.48. The summed E-state index contributed by atoms with van der Waals surface area (Å²) in [6.45, 7) is 0. The third-order valence-electron chi connectivity index (χ3n) is 20.1. The number of nitrogens with zero attached hydrogens (tertiary/aromatic N) is 4. The lowest BCUT2D eigenvalue weighted by atomic mass is 9.70. The number of benzene rings is 15. The first-order valence-corrected chi connectivity index (χ1v) is 32.8. The van der Waals surface area contributed by atoms with Crippen molar-refractivity contribution in [3.05, 3.63) is 386 Å². The molecule has 2 aromatic heterocycles. The highest BCUT2D eigenvalue weighted by atomic mass is 15.2. The van der Waals surface area contributed by atoms with Gasteiger partial charge in [0.2, 0.25) is 0 Å². The lowest BCUT2D eigenvalue weighted by Crippen LogP contribution is -2.25. The standard InChI is InChI=1S/C91H60N4/c1-3-22-61(23-4-1)63-42-46-66(47-43-63)92(68-50-54-70(55-51-68)94-86-38-17-10-28-77(86)78-29-11-18-39-87(78)94)72-58-65(74-33-21-37-85-90(74)81-32-9-16-36-84(81)91(85)82-34-14-7-26-75(82)76-27-8-15-35-83(76)91)59-73(60-72)93(67-48-44-64(45-49-67)62-24-5-2-6-25-62)69-52-56-71(57-53-69)95-88-40-19-12-30-79(88)80-31-13-20-41-89(80)95/h1-60H. The van der Waals surface area contributed by atoms with Gasteiger partial charge in [-0.05, 0) is 193 Å². The zero-order valence-electron chi connectivity index (χ0n) is 51.9. The Morgan fingerprint density at radius 1 is 0.200 bits per heavy atom. The van der Waals surface area contributed by atoms with Crippen molar-refractivity contribution in [3.63, 3.8) is 0 Å².